The van der Waals surface area contributed by atoms with E-state index in [-0.39, 0.29) is 23.4 Å². The van der Waals surface area contributed by atoms with Crippen LogP contribution in [0.15, 0.2) is 47.4 Å². The lowest BCUT2D eigenvalue weighted by Crippen LogP contribution is -2.27. The Bertz CT molecular complexity index is 979. The molecular formula is C19H17ClN2O3S. The molecule has 0 fully saturated rings. The van der Waals surface area contributed by atoms with Gasteiger partial charge in [0.05, 0.1) is 17.5 Å². The predicted octanol–water partition coefficient (Wildman–Crippen LogP) is 2.67. The first-order valence-corrected chi connectivity index (χ1v) is 9.89. The summed E-state index contributed by atoms with van der Waals surface area (Å²) < 4.78 is 26.3. The van der Waals surface area contributed by atoms with Crippen LogP contribution in [0.1, 0.15) is 33.9 Å². The average molecular weight is 389 g/mol. The number of hydrogen-bond donors (Lipinski definition) is 2. The first-order chi connectivity index (χ1) is 12.4. The fraction of sp³-hybridized carbons (Fsp3) is 0.211. The van der Waals surface area contributed by atoms with Crippen molar-refractivity contribution in [1.29, 1.82) is 0 Å². The van der Waals surface area contributed by atoms with Gasteiger partial charge in [-0.15, -0.1) is 6.42 Å². The van der Waals surface area contributed by atoms with E-state index in [1.165, 1.54) is 24.3 Å². The minimum Gasteiger partial charge on any atom is -0.345 e. The van der Waals surface area contributed by atoms with Crippen molar-refractivity contribution in [3.8, 4) is 12.3 Å². The molecule has 1 amide bonds. The van der Waals surface area contributed by atoms with Gasteiger partial charge < -0.3 is 5.32 Å². The van der Waals surface area contributed by atoms with Gasteiger partial charge in [0, 0.05) is 10.6 Å². The molecule has 0 spiro atoms. The second-order valence-electron chi connectivity index (χ2n) is 5.96. The first-order valence-electron chi connectivity index (χ1n) is 8.03. The van der Waals surface area contributed by atoms with E-state index < -0.39 is 10.0 Å². The van der Waals surface area contributed by atoms with E-state index in [0.717, 1.165) is 24.0 Å². The van der Waals surface area contributed by atoms with Crippen LogP contribution in [0.3, 0.4) is 0 Å². The molecule has 2 aromatic carbocycles. The number of aryl methyl sites for hydroxylation is 1. The van der Waals surface area contributed by atoms with Gasteiger partial charge in [-0.05, 0) is 60.4 Å². The second-order valence-corrected chi connectivity index (χ2v) is 8.16. The smallest absolute Gasteiger partial charge is 0.251 e. The Morgan fingerprint density at radius 3 is 2.65 bits per heavy atom. The van der Waals surface area contributed by atoms with E-state index in [1.54, 1.807) is 0 Å². The van der Waals surface area contributed by atoms with Gasteiger partial charge in [-0.3, -0.25) is 4.79 Å². The standard InChI is InChI=1S/C19H17ClN2O3S/c1-2-11-21-26(24,25)16-7-3-13(4-8-16)19(23)22-18-10-5-14-12-15(20)6-9-17(14)18/h1,3-4,6-9,12,18,21H,5,10-11H2,(H,22,23). The topological polar surface area (TPSA) is 75.3 Å². The zero-order valence-corrected chi connectivity index (χ0v) is 15.4. The van der Waals surface area contributed by atoms with Crippen molar-refractivity contribution >= 4 is 27.5 Å². The lowest BCUT2D eigenvalue weighted by Gasteiger charge is -2.14. The summed E-state index contributed by atoms with van der Waals surface area (Å²) in [6.07, 6.45) is 6.73. The number of halogens is 1. The van der Waals surface area contributed by atoms with Crippen LogP contribution in [-0.2, 0) is 16.4 Å². The second kappa shape index (κ2) is 7.50. The number of hydrogen-bond acceptors (Lipinski definition) is 3. The third-order valence-electron chi connectivity index (χ3n) is 4.28. The highest BCUT2D eigenvalue weighted by Crippen LogP contribution is 2.33. The van der Waals surface area contributed by atoms with Crippen LogP contribution in [0.4, 0.5) is 0 Å². The Hall–Kier alpha value is -2.33. The number of benzene rings is 2. The lowest BCUT2D eigenvalue weighted by atomic mass is 10.1. The van der Waals surface area contributed by atoms with Gasteiger partial charge in [0.2, 0.25) is 10.0 Å². The zero-order chi connectivity index (χ0) is 18.7. The zero-order valence-electron chi connectivity index (χ0n) is 13.8. The molecule has 0 saturated carbocycles. The van der Waals surface area contributed by atoms with Gasteiger partial charge in [-0.1, -0.05) is 23.6 Å². The lowest BCUT2D eigenvalue weighted by molar-refractivity contribution is 0.0936. The minimum absolute atomic E-state index is 0.0603. The fourth-order valence-electron chi connectivity index (χ4n) is 2.98. The molecule has 1 unspecified atom stereocenters. The van der Waals surface area contributed by atoms with Crippen LogP contribution in [0.25, 0.3) is 0 Å². The monoisotopic (exact) mass is 388 g/mol. The highest BCUT2D eigenvalue weighted by Gasteiger charge is 2.24. The van der Waals surface area contributed by atoms with Crippen molar-refractivity contribution in [2.24, 2.45) is 0 Å². The minimum atomic E-state index is -3.67. The van der Waals surface area contributed by atoms with Crippen LogP contribution in [-0.4, -0.2) is 20.9 Å². The summed E-state index contributed by atoms with van der Waals surface area (Å²) in [5, 5.41) is 3.68. The van der Waals surface area contributed by atoms with Crippen molar-refractivity contribution in [2.75, 3.05) is 6.54 Å². The first kappa shape index (κ1) is 18.5. The Morgan fingerprint density at radius 1 is 1.23 bits per heavy atom. The predicted molar refractivity (Wildman–Crippen MR) is 100 cm³/mol. The van der Waals surface area contributed by atoms with E-state index in [4.69, 9.17) is 18.0 Å². The third-order valence-corrected chi connectivity index (χ3v) is 5.93. The van der Waals surface area contributed by atoms with Gasteiger partial charge in [0.15, 0.2) is 0 Å². The molecule has 26 heavy (non-hydrogen) atoms. The molecule has 1 aliphatic carbocycles. The van der Waals surface area contributed by atoms with Crippen molar-refractivity contribution in [3.05, 3.63) is 64.2 Å². The highest BCUT2D eigenvalue weighted by molar-refractivity contribution is 7.89. The Morgan fingerprint density at radius 2 is 1.96 bits per heavy atom. The number of amides is 1. The normalized spacial score (nSPS) is 15.9. The van der Waals surface area contributed by atoms with E-state index in [2.05, 4.69) is 16.0 Å². The molecule has 2 N–H and O–H groups in total. The Balaban J connectivity index is 1.71. The fourth-order valence-corrected chi connectivity index (χ4v) is 4.11. The molecule has 0 radical (unpaired) electrons. The number of fused-ring (bicyclic) bond motifs is 1. The number of carbonyl (C=O) groups excluding carboxylic acids is 1. The van der Waals surface area contributed by atoms with Crippen molar-refractivity contribution in [1.82, 2.24) is 10.0 Å². The van der Waals surface area contributed by atoms with Crippen LogP contribution >= 0.6 is 11.6 Å². The van der Waals surface area contributed by atoms with Crippen molar-refractivity contribution in [3.63, 3.8) is 0 Å². The van der Waals surface area contributed by atoms with Gasteiger partial charge in [-0.2, -0.15) is 4.72 Å². The molecule has 5 nitrogen and oxygen atoms in total. The van der Waals surface area contributed by atoms with Gasteiger partial charge >= 0.3 is 0 Å². The Labute approximate surface area is 157 Å². The van der Waals surface area contributed by atoms with Gasteiger partial charge in [0.1, 0.15) is 0 Å². The summed E-state index contributed by atoms with van der Waals surface area (Å²) in [5.41, 5.74) is 2.60. The van der Waals surface area contributed by atoms with Gasteiger partial charge in [-0.25, -0.2) is 8.42 Å². The number of nitrogens with one attached hydrogen (secondary N) is 2. The maximum Gasteiger partial charge on any atom is 0.251 e. The largest absolute Gasteiger partial charge is 0.345 e. The summed E-state index contributed by atoms with van der Waals surface area (Å²) in [5.74, 6) is 1.96. The summed E-state index contributed by atoms with van der Waals surface area (Å²) >= 11 is 6.00. The van der Waals surface area contributed by atoms with E-state index in [9.17, 15) is 13.2 Å². The molecule has 0 aliphatic heterocycles. The van der Waals surface area contributed by atoms with Crippen LogP contribution < -0.4 is 10.0 Å². The van der Waals surface area contributed by atoms with E-state index >= 15 is 0 Å². The van der Waals surface area contributed by atoms with Crippen molar-refractivity contribution < 1.29 is 13.2 Å². The Kier molecular flexibility index (Phi) is 5.33. The van der Waals surface area contributed by atoms with Gasteiger partial charge in [0.25, 0.3) is 5.91 Å². The number of sulfonamides is 1. The maximum atomic E-state index is 12.5. The SMILES string of the molecule is C#CCNS(=O)(=O)c1ccc(C(=O)NC2CCc3cc(Cl)ccc32)cc1. The molecule has 0 saturated heterocycles. The molecule has 0 bridgehead atoms. The molecule has 134 valence electrons. The van der Waals surface area contributed by atoms with Crippen LogP contribution in [0.2, 0.25) is 5.02 Å². The number of carbonyl (C=O) groups is 1. The molecule has 0 heterocycles. The number of rotatable bonds is 5. The van der Waals surface area contributed by atoms with Crippen LogP contribution in [0.5, 0.6) is 0 Å². The molecule has 1 aliphatic rings. The maximum absolute atomic E-state index is 12.5. The molecule has 2 aromatic rings. The summed E-state index contributed by atoms with van der Waals surface area (Å²) in [4.78, 5) is 12.5. The molecule has 7 heteroatoms. The third kappa shape index (κ3) is 3.91. The molecule has 1 atom stereocenters. The number of terminal acetylenes is 1. The summed E-state index contributed by atoms with van der Waals surface area (Å²) in [7, 11) is -3.67. The molecule has 0 aromatic heterocycles. The van der Waals surface area contributed by atoms with E-state index in [0.29, 0.717) is 10.6 Å². The average Bonchev–Trinajstić information content (AvgIpc) is 3.02. The van der Waals surface area contributed by atoms with Crippen molar-refractivity contribution in [2.45, 2.75) is 23.8 Å². The molecular weight excluding hydrogens is 372 g/mol. The van der Waals surface area contributed by atoms with Crippen LogP contribution in [0, 0.1) is 12.3 Å². The van der Waals surface area contributed by atoms with E-state index in [1.807, 2.05) is 18.2 Å². The summed E-state index contributed by atoms with van der Waals surface area (Å²) in [6.45, 7) is -0.0876. The molecule has 3 rings (SSSR count). The quantitative estimate of drug-likeness (QED) is 0.773. The highest BCUT2D eigenvalue weighted by atomic mass is 35.5. The summed E-state index contributed by atoms with van der Waals surface area (Å²) in [6, 6.07) is 11.3.